The van der Waals surface area contributed by atoms with E-state index in [4.69, 9.17) is 0 Å². The molecule has 0 saturated carbocycles. The highest BCUT2D eigenvalue weighted by Crippen LogP contribution is 2.31. The predicted octanol–water partition coefficient (Wildman–Crippen LogP) is 4.15. The van der Waals surface area contributed by atoms with Crippen molar-refractivity contribution >= 4 is 23.2 Å². The van der Waals surface area contributed by atoms with E-state index in [1.54, 1.807) is 11.3 Å². The highest BCUT2D eigenvalue weighted by molar-refractivity contribution is 7.08. The molecule has 29 heavy (non-hydrogen) atoms. The molecule has 0 spiro atoms. The van der Waals surface area contributed by atoms with Crippen LogP contribution in [-0.2, 0) is 22.4 Å². The van der Waals surface area contributed by atoms with Crippen LogP contribution in [0.3, 0.4) is 0 Å². The third-order valence-corrected chi connectivity index (χ3v) is 7.11. The van der Waals surface area contributed by atoms with Crippen LogP contribution in [0.4, 0.5) is 0 Å². The van der Waals surface area contributed by atoms with E-state index in [1.807, 2.05) is 17.5 Å². The molecule has 0 bridgehead atoms. The van der Waals surface area contributed by atoms with Gasteiger partial charge in [-0.15, -0.1) is 0 Å². The molecule has 3 heterocycles. The number of amides is 2. The second kappa shape index (κ2) is 9.57. The van der Waals surface area contributed by atoms with Crippen LogP contribution >= 0.6 is 11.3 Å². The minimum atomic E-state index is 0.251. The molecule has 0 N–H and O–H groups in total. The third-order valence-electron chi connectivity index (χ3n) is 6.38. The standard InChI is InChI=1S/C24H30N2O2S/c27-23(10-4-8-19-6-2-1-3-7-19)25-14-11-22-21(17-25)9-5-13-26(22)24(28)16-20-12-15-29-18-20/h1-3,6-7,12,15,18,21-22H,4-5,8-11,13-14,16-17H2/t21-,22+/m1/s1. The third kappa shape index (κ3) is 5.08. The van der Waals surface area contributed by atoms with Crippen LogP contribution in [0.5, 0.6) is 0 Å². The number of carbonyl (C=O) groups excluding carboxylic acids is 2. The number of hydrogen-bond acceptors (Lipinski definition) is 3. The maximum Gasteiger partial charge on any atom is 0.227 e. The van der Waals surface area contributed by atoms with Crippen molar-refractivity contribution in [3.63, 3.8) is 0 Å². The van der Waals surface area contributed by atoms with Gasteiger partial charge in [0.2, 0.25) is 11.8 Å². The van der Waals surface area contributed by atoms with E-state index < -0.39 is 0 Å². The molecule has 0 unspecified atom stereocenters. The zero-order valence-electron chi connectivity index (χ0n) is 17.0. The molecule has 2 amide bonds. The van der Waals surface area contributed by atoms with Gasteiger partial charge in [-0.1, -0.05) is 30.3 Å². The van der Waals surface area contributed by atoms with Crippen molar-refractivity contribution in [1.82, 2.24) is 9.80 Å². The van der Waals surface area contributed by atoms with Gasteiger partial charge in [0.05, 0.1) is 6.42 Å². The lowest BCUT2D eigenvalue weighted by Crippen LogP contribution is -2.56. The number of nitrogens with zero attached hydrogens (tertiary/aromatic N) is 2. The molecule has 2 atom stereocenters. The first-order valence-corrected chi connectivity index (χ1v) is 11.8. The number of rotatable bonds is 6. The first kappa shape index (κ1) is 20.1. The van der Waals surface area contributed by atoms with Gasteiger partial charge in [-0.25, -0.2) is 0 Å². The molecule has 0 radical (unpaired) electrons. The zero-order chi connectivity index (χ0) is 20.1. The van der Waals surface area contributed by atoms with Gasteiger partial charge in [0.1, 0.15) is 0 Å². The quantitative estimate of drug-likeness (QED) is 0.718. The van der Waals surface area contributed by atoms with Crippen molar-refractivity contribution < 1.29 is 9.59 Å². The van der Waals surface area contributed by atoms with Gasteiger partial charge < -0.3 is 9.80 Å². The van der Waals surface area contributed by atoms with Gasteiger partial charge >= 0.3 is 0 Å². The van der Waals surface area contributed by atoms with Crippen LogP contribution in [0.1, 0.15) is 43.2 Å². The Labute approximate surface area is 177 Å². The molecular formula is C24H30N2O2S. The van der Waals surface area contributed by atoms with Gasteiger partial charge in [-0.3, -0.25) is 9.59 Å². The first-order chi connectivity index (χ1) is 14.2. The summed E-state index contributed by atoms with van der Waals surface area (Å²) >= 11 is 1.64. The Morgan fingerprint density at radius 1 is 1.00 bits per heavy atom. The van der Waals surface area contributed by atoms with Gasteiger partial charge in [0.25, 0.3) is 0 Å². The lowest BCUT2D eigenvalue weighted by molar-refractivity contribution is -0.141. The summed E-state index contributed by atoms with van der Waals surface area (Å²) in [6, 6.07) is 12.7. The molecule has 2 fully saturated rings. The molecule has 154 valence electrons. The Balaban J connectivity index is 1.28. The predicted molar refractivity (Wildman–Crippen MR) is 117 cm³/mol. The van der Waals surface area contributed by atoms with Crippen LogP contribution in [-0.4, -0.2) is 47.3 Å². The second-order valence-electron chi connectivity index (χ2n) is 8.33. The fourth-order valence-electron chi connectivity index (χ4n) is 4.86. The fraction of sp³-hybridized carbons (Fsp3) is 0.500. The van der Waals surface area contributed by atoms with Crippen LogP contribution in [0, 0.1) is 5.92 Å². The second-order valence-corrected chi connectivity index (χ2v) is 9.11. The molecule has 2 aliphatic heterocycles. The smallest absolute Gasteiger partial charge is 0.227 e. The molecule has 4 nitrogen and oxygen atoms in total. The topological polar surface area (TPSA) is 40.6 Å². The van der Waals surface area contributed by atoms with Crippen LogP contribution in [0.2, 0.25) is 0 Å². The Bertz CT molecular complexity index is 806. The highest BCUT2D eigenvalue weighted by Gasteiger charge is 2.38. The van der Waals surface area contributed by atoms with E-state index in [-0.39, 0.29) is 11.8 Å². The Hall–Kier alpha value is -2.14. The van der Waals surface area contributed by atoms with Crippen molar-refractivity contribution in [2.45, 2.75) is 51.0 Å². The van der Waals surface area contributed by atoms with Crippen molar-refractivity contribution in [2.75, 3.05) is 19.6 Å². The molecule has 2 saturated heterocycles. The maximum absolute atomic E-state index is 12.9. The lowest BCUT2D eigenvalue weighted by Gasteiger charge is -2.47. The monoisotopic (exact) mass is 410 g/mol. The molecule has 1 aromatic carbocycles. The highest BCUT2D eigenvalue weighted by atomic mass is 32.1. The average Bonchev–Trinajstić information content (AvgIpc) is 3.26. The largest absolute Gasteiger partial charge is 0.342 e. The Morgan fingerprint density at radius 3 is 2.66 bits per heavy atom. The molecule has 1 aromatic heterocycles. The Morgan fingerprint density at radius 2 is 1.86 bits per heavy atom. The zero-order valence-corrected chi connectivity index (χ0v) is 17.8. The number of hydrogen-bond donors (Lipinski definition) is 0. The molecule has 5 heteroatoms. The summed E-state index contributed by atoms with van der Waals surface area (Å²) in [5, 5.41) is 4.10. The summed E-state index contributed by atoms with van der Waals surface area (Å²) in [6.45, 7) is 2.47. The molecule has 4 rings (SSSR count). The van der Waals surface area contributed by atoms with Crippen molar-refractivity contribution in [1.29, 1.82) is 0 Å². The van der Waals surface area contributed by atoms with Crippen molar-refractivity contribution in [2.24, 2.45) is 5.92 Å². The van der Waals surface area contributed by atoms with Gasteiger partial charge in [0, 0.05) is 32.1 Å². The molecular weight excluding hydrogens is 380 g/mol. The number of benzene rings is 1. The average molecular weight is 411 g/mol. The maximum atomic E-state index is 12.9. The normalized spacial score (nSPS) is 21.7. The first-order valence-electron chi connectivity index (χ1n) is 10.8. The van der Waals surface area contributed by atoms with E-state index in [9.17, 15) is 9.59 Å². The van der Waals surface area contributed by atoms with E-state index in [1.165, 1.54) is 5.56 Å². The molecule has 2 aromatic rings. The van der Waals surface area contributed by atoms with E-state index in [2.05, 4.69) is 39.4 Å². The number of fused-ring (bicyclic) bond motifs is 1. The summed E-state index contributed by atoms with van der Waals surface area (Å²) < 4.78 is 0. The van der Waals surface area contributed by atoms with Crippen molar-refractivity contribution in [3.05, 3.63) is 58.3 Å². The van der Waals surface area contributed by atoms with E-state index in [0.717, 1.165) is 57.3 Å². The van der Waals surface area contributed by atoms with Gasteiger partial charge in [-0.05, 0) is 66.0 Å². The van der Waals surface area contributed by atoms with Gasteiger partial charge in [-0.2, -0.15) is 11.3 Å². The number of thiophene rings is 1. The lowest BCUT2D eigenvalue weighted by atomic mass is 9.83. The summed E-state index contributed by atoms with van der Waals surface area (Å²) in [5.41, 5.74) is 2.42. The molecule has 0 aliphatic carbocycles. The minimum Gasteiger partial charge on any atom is -0.342 e. The van der Waals surface area contributed by atoms with Gasteiger partial charge in [0.15, 0.2) is 0 Å². The van der Waals surface area contributed by atoms with E-state index >= 15 is 0 Å². The number of likely N-dealkylation sites (tertiary alicyclic amines) is 2. The van der Waals surface area contributed by atoms with E-state index in [0.29, 0.717) is 24.8 Å². The fourth-order valence-corrected chi connectivity index (χ4v) is 5.52. The van der Waals surface area contributed by atoms with Crippen LogP contribution in [0.15, 0.2) is 47.2 Å². The van der Waals surface area contributed by atoms with Crippen molar-refractivity contribution in [3.8, 4) is 0 Å². The molecule has 2 aliphatic rings. The number of aryl methyl sites for hydroxylation is 1. The summed E-state index contributed by atoms with van der Waals surface area (Å²) in [6.07, 6.45) is 6.08. The van der Waals surface area contributed by atoms with Crippen LogP contribution < -0.4 is 0 Å². The summed E-state index contributed by atoms with van der Waals surface area (Å²) in [4.78, 5) is 29.8. The number of carbonyl (C=O) groups is 2. The Kier molecular flexibility index (Phi) is 6.65. The SMILES string of the molecule is O=C(CCCc1ccccc1)N1CC[C@H]2[C@H](CCCN2C(=O)Cc2ccsc2)C1. The minimum absolute atomic E-state index is 0.251. The summed E-state index contributed by atoms with van der Waals surface area (Å²) in [5.74, 6) is 0.962. The number of piperidine rings is 2. The van der Waals surface area contributed by atoms with Crippen LogP contribution in [0.25, 0.3) is 0 Å². The summed E-state index contributed by atoms with van der Waals surface area (Å²) in [7, 11) is 0.